The summed E-state index contributed by atoms with van der Waals surface area (Å²) in [4.78, 5) is 26.1. The van der Waals surface area contributed by atoms with E-state index in [-0.39, 0.29) is 30.4 Å². The number of benzene rings is 2. The van der Waals surface area contributed by atoms with Gasteiger partial charge in [0.15, 0.2) is 11.5 Å². The van der Waals surface area contributed by atoms with E-state index in [4.69, 9.17) is 14.6 Å². The van der Waals surface area contributed by atoms with Crippen molar-refractivity contribution in [3.63, 3.8) is 0 Å². The van der Waals surface area contributed by atoms with E-state index in [1.165, 1.54) is 12.7 Å². The van der Waals surface area contributed by atoms with E-state index in [2.05, 4.69) is 48.9 Å². The zero-order valence-electron chi connectivity index (χ0n) is 20.2. The van der Waals surface area contributed by atoms with Gasteiger partial charge in [-0.25, -0.2) is 0 Å². The van der Waals surface area contributed by atoms with Gasteiger partial charge >= 0.3 is 0 Å². The Bertz CT molecular complexity index is 1090. The minimum atomic E-state index is -0.759. The number of nitrogens with one attached hydrogen (secondary N) is 3. The number of ether oxygens (including phenoxy) is 2. The summed E-state index contributed by atoms with van der Waals surface area (Å²) in [5.74, 6) is 0.663. The van der Waals surface area contributed by atoms with Crippen LogP contribution in [0, 0.1) is 5.41 Å². The van der Waals surface area contributed by atoms with Gasteiger partial charge in [0.1, 0.15) is 6.61 Å². The lowest BCUT2D eigenvalue weighted by Gasteiger charge is -2.23. The van der Waals surface area contributed by atoms with Crippen molar-refractivity contribution in [2.45, 2.75) is 45.1 Å². The minimum absolute atomic E-state index is 0.0646. The molecule has 2 aliphatic heterocycles. The fourth-order valence-corrected chi connectivity index (χ4v) is 4.79. The molecule has 1 fully saturated rings. The second-order valence-electron chi connectivity index (χ2n) is 10.2. The van der Waals surface area contributed by atoms with Crippen molar-refractivity contribution in [2.24, 2.45) is 5.41 Å². The summed E-state index contributed by atoms with van der Waals surface area (Å²) in [5, 5.41) is 18.1. The zero-order chi connectivity index (χ0) is 24.5. The van der Waals surface area contributed by atoms with Gasteiger partial charge in [0.05, 0.1) is 25.2 Å². The molecular weight excluding hydrogens is 434 g/mol. The standard InChI is InChI=1S/C26H33N3O5/c1-25(2,3)13-16-5-7-19-18(11-16)26(24(32)29-19)14-20(27-15-26)23(31)28-17-6-8-21(34-10-9-30)22(12-17)33-4/h5-8,11-12,20,27,30H,9-10,13-15H2,1-4H3,(H,28,31)(H,29,32). The zero-order valence-corrected chi connectivity index (χ0v) is 20.2. The first-order chi connectivity index (χ1) is 16.1. The third kappa shape index (κ3) is 4.74. The van der Waals surface area contributed by atoms with Crippen LogP contribution in [-0.4, -0.2) is 49.8 Å². The van der Waals surface area contributed by atoms with E-state index in [9.17, 15) is 9.59 Å². The van der Waals surface area contributed by atoms with Crippen molar-refractivity contribution in [3.05, 3.63) is 47.5 Å². The van der Waals surface area contributed by atoms with Gasteiger partial charge in [-0.1, -0.05) is 32.9 Å². The second kappa shape index (κ2) is 9.27. The van der Waals surface area contributed by atoms with Crippen molar-refractivity contribution < 1.29 is 24.2 Å². The Hall–Kier alpha value is -3.10. The number of carbonyl (C=O) groups excluding carboxylic acids is 2. The molecule has 2 heterocycles. The summed E-state index contributed by atoms with van der Waals surface area (Å²) >= 11 is 0. The highest BCUT2D eigenvalue weighted by molar-refractivity contribution is 6.08. The van der Waals surface area contributed by atoms with Gasteiger partial charge in [0.2, 0.25) is 11.8 Å². The maximum absolute atomic E-state index is 13.1. The molecule has 1 saturated heterocycles. The minimum Gasteiger partial charge on any atom is -0.493 e. The highest BCUT2D eigenvalue weighted by Crippen LogP contribution is 2.44. The fourth-order valence-electron chi connectivity index (χ4n) is 4.79. The third-order valence-electron chi connectivity index (χ3n) is 6.32. The summed E-state index contributed by atoms with van der Waals surface area (Å²) in [7, 11) is 1.51. The number of aliphatic hydroxyl groups is 1. The van der Waals surface area contributed by atoms with Crippen molar-refractivity contribution in [3.8, 4) is 11.5 Å². The first kappa shape index (κ1) is 24.0. The predicted molar refractivity (Wildman–Crippen MR) is 131 cm³/mol. The van der Waals surface area contributed by atoms with Gasteiger partial charge in [-0.05, 0) is 47.6 Å². The molecule has 2 unspecified atom stereocenters. The van der Waals surface area contributed by atoms with Crippen LogP contribution in [0.1, 0.15) is 38.3 Å². The van der Waals surface area contributed by atoms with Crippen LogP contribution in [0.4, 0.5) is 11.4 Å². The van der Waals surface area contributed by atoms with Crippen LogP contribution >= 0.6 is 0 Å². The summed E-state index contributed by atoms with van der Waals surface area (Å²) in [6.45, 7) is 7.02. The summed E-state index contributed by atoms with van der Waals surface area (Å²) in [5.41, 5.74) is 2.91. The average molecular weight is 468 g/mol. The number of methoxy groups -OCH3 is 1. The fraction of sp³-hybridized carbons (Fsp3) is 0.462. The van der Waals surface area contributed by atoms with E-state index in [0.717, 1.165) is 17.7 Å². The van der Waals surface area contributed by atoms with Crippen LogP contribution in [0.2, 0.25) is 0 Å². The average Bonchev–Trinajstić information content (AvgIpc) is 3.35. The van der Waals surface area contributed by atoms with Gasteiger partial charge in [0.25, 0.3) is 0 Å². The highest BCUT2D eigenvalue weighted by atomic mass is 16.5. The number of hydrogen-bond donors (Lipinski definition) is 4. The van der Waals surface area contributed by atoms with Gasteiger partial charge < -0.3 is 30.5 Å². The van der Waals surface area contributed by atoms with Crippen molar-refractivity contribution in [2.75, 3.05) is 37.5 Å². The van der Waals surface area contributed by atoms with Crippen LogP contribution in [0.5, 0.6) is 11.5 Å². The number of hydrogen-bond acceptors (Lipinski definition) is 6. The molecule has 34 heavy (non-hydrogen) atoms. The van der Waals surface area contributed by atoms with Crippen molar-refractivity contribution in [1.82, 2.24) is 5.32 Å². The van der Waals surface area contributed by atoms with Gasteiger partial charge in [-0.15, -0.1) is 0 Å². The van der Waals surface area contributed by atoms with Crippen molar-refractivity contribution >= 4 is 23.2 Å². The van der Waals surface area contributed by atoms with E-state index in [1.54, 1.807) is 18.2 Å². The quantitative estimate of drug-likeness (QED) is 0.499. The molecule has 2 aromatic carbocycles. The first-order valence-electron chi connectivity index (χ1n) is 11.6. The molecule has 0 saturated carbocycles. The monoisotopic (exact) mass is 467 g/mol. The molecule has 0 radical (unpaired) electrons. The van der Waals surface area contributed by atoms with Crippen molar-refractivity contribution in [1.29, 1.82) is 0 Å². The molecule has 2 atom stereocenters. The molecule has 8 heteroatoms. The van der Waals surface area contributed by atoms with Crippen LogP contribution in [0.25, 0.3) is 0 Å². The normalized spacial score (nSPS) is 21.3. The Labute approximate surface area is 200 Å². The van der Waals surface area contributed by atoms with E-state index in [1.807, 2.05) is 6.07 Å². The summed E-state index contributed by atoms with van der Waals surface area (Å²) < 4.78 is 10.8. The molecule has 0 bridgehead atoms. The number of carbonyl (C=O) groups is 2. The molecule has 4 N–H and O–H groups in total. The molecular formula is C26H33N3O5. The lowest BCUT2D eigenvalue weighted by atomic mass is 9.78. The molecule has 0 aliphatic carbocycles. The largest absolute Gasteiger partial charge is 0.493 e. The molecule has 4 rings (SSSR count). The summed E-state index contributed by atoms with van der Waals surface area (Å²) in [6.07, 6.45) is 1.28. The number of fused-ring (bicyclic) bond motifs is 2. The van der Waals surface area contributed by atoms with Gasteiger partial charge in [-0.3, -0.25) is 9.59 Å². The summed E-state index contributed by atoms with van der Waals surface area (Å²) in [6, 6.07) is 10.7. The van der Waals surface area contributed by atoms with E-state index < -0.39 is 11.5 Å². The molecule has 8 nitrogen and oxygen atoms in total. The lowest BCUT2D eigenvalue weighted by Crippen LogP contribution is -2.36. The van der Waals surface area contributed by atoms with Crippen LogP contribution in [0.3, 0.4) is 0 Å². The number of anilines is 2. The van der Waals surface area contributed by atoms with E-state index in [0.29, 0.717) is 30.2 Å². The lowest BCUT2D eigenvalue weighted by molar-refractivity contribution is -0.120. The molecule has 2 aromatic rings. The number of aliphatic hydroxyl groups excluding tert-OH is 1. The molecule has 2 amide bonds. The Kier molecular flexibility index (Phi) is 6.55. The second-order valence-corrected chi connectivity index (χ2v) is 10.2. The Balaban J connectivity index is 1.50. The van der Waals surface area contributed by atoms with E-state index >= 15 is 0 Å². The third-order valence-corrected chi connectivity index (χ3v) is 6.32. The topological polar surface area (TPSA) is 109 Å². The molecule has 2 aliphatic rings. The van der Waals surface area contributed by atoms with Gasteiger partial charge in [0, 0.05) is 24.0 Å². The first-order valence-corrected chi connectivity index (χ1v) is 11.6. The number of rotatable bonds is 7. The van der Waals surface area contributed by atoms with Crippen LogP contribution < -0.4 is 25.4 Å². The Morgan fingerprint density at radius 1 is 1.21 bits per heavy atom. The van der Waals surface area contributed by atoms with Crippen LogP contribution in [0.15, 0.2) is 36.4 Å². The molecule has 182 valence electrons. The van der Waals surface area contributed by atoms with Crippen LogP contribution in [-0.2, 0) is 21.4 Å². The molecule has 0 aromatic heterocycles. The maximum atomic E-state index is 13.1. The Morgan fingerprint density at radius 3 is 2.71 bits per heavy atom. The van der Waals surface area contributed by atoms with Gasteiger partial charge in [-0.2, -0.15) is 0 Å². The maximum Gasteiger partial charge on any atom is 0.241 e. The highest BCUT2D eigenvalue weighted by Gasteiger charge is 2.53. The Morgan fingerprint density at radius 2 is 2.00 bits per heavy atom. The SMILES string of the molecule is COc1cc(NC(=O)C2CC3(CN2)C(=O)Nc2ccc(CC(C)(C)C)cc23)ccc1OCCO. The molecule has 1 spiro atoms. The number of amides is 2. The smallest absolute Gasteiger partial charge is 0.241 e. The predicted octanol–water partition coefficient (Wildman–Crippen LogP) is 2.85.